The summed E-state index contributed by atoms with van der Waals surface area (Å²) in [5, 5.41) is 3.57. The van der Waals surface area contributed by atoms with Gasteiger partial charge in [0.15, 0.2) is 0 Å². The number of hydrogen-bond acceptors (Lipinski definition) is 12. The summed E-state index contributed by atoms with van der Waals surface area (Å²) >= 11 is 0. The fourth-order valence-corrected chi connectivity index (χ4v) is 8.83. The van der Waals surface area contributed by atoms with Crippen LogP contribution in [0.2, 0.25) is 0 Å². The molecule has 278 valence electrons. The summed E-state index contributed by atoms with van der Waals surface area (Å²) in [6, 6.07) is 4.19. The normalized spacial score (nSPS) is 28.5. The standard InChI is InChI=1S/C35H42N6O10S/c1-3-20-17-35(20,34(46)39-52(47,48)24-5-6-24)38-30(43)27-16-23(50-31-25-7-4-21(49-2)14-19(25)10-12-37-31)18-41(27)32(44)26(36)8-9-29(42)40-13-11-22-15-28(40)33(45)51-22/h3-4,7,10,12,14,20,22-24,26-28H,1,5-6,8-9,11,13,15-18,36H2,2H3,(H,38,43)(H,39,46)/t20-,22+,23?,26+,27+,28-,35-/m1/s1. The lowest BCUT2D eigenvalue weighted by atomic mass is 10.0. The third-order valence-corrected chi connectivity index (χ3v) is 12.5. The van der Waals surface area contributed by atoms with E-state index >= 15 is 0 Å². The summed E-state index contributed by atoms with van der Waals surface area (Å²) < 4.78 is 44.3. The van der Waals surface area contributed by atoms with Crippen molar-refractivity contribution in [1.82, 2.24) is 24.8 Å². The van der Waals surface area contributed by atoms with E-state index < -0.39 is 74.7 Å². The van der Waals surface area contributed by atoms with Crippen LogP contribution in [0, 0.1) is 5.92 Å². The van der Waals surface area contributed by atoms with E-state index in [2.05, 4.69) is 21.6 Å². The van der Waals surface area contributed by atoms with Crippen LogP contribution in [0.1, 0.15) is 51.4 Å². The number of piperidine rings is 1. The van der Waals surface area contributed by atoms with Crippen LogP contribution in [0.5, 0.6) is 11.6 Å². The van der Waals surface area contributed by atoms with Crippen LogP contribution in [-0.4, -0.2) is 114 Å². The van der Waals surface area contributed by atoms with E-state index in [0.29, 0.717) is 43.4 Å². The van der Waals surface area contributed by atoms with Crippen molar-refractivity contribution in [1.29, 1.82) is 0 Å². The first-order valence-corrected chi connectivity index (χ1v) is 19.0. The Bertz CT molecular complexity index is 1940. The number of carbonyl (C=O) groups excluding carboxylic acids is 5. The van der Waals surface area contributed by atoms with Crippen LogP contribution in [0.4, 0.5) is 0 Å². The van der Waals surface area contributed by atoms with Gasteiger partial charge in [0.2, 0.25) is 33.6 Å². The second kappa shape index (κ2) is 13.7. The van der Waals surface area contributed by atoms with Crippen molar-refractivity contribution in [2.24, 2.45) is 11.7 Å². The smallest absolute Gasteiger partial charge is 0.329 e. The Kier molecular flexibility index (Phi) is 9.35. The molecule has 2 saturated carbocycles. The number of nitrogens with two attached hydrogens (primary N) is 1. The van der Waals surface area contributed by atoms with E-state index in [4.69, 9.17) is 19.9 Å². The molecule has 1 aromatic heterocycles. The molecule has 2 bridgehead atoms. The highest BCUT2D eigenvalue weighted by Crippen LogP contribution is 2.45. The minimum absolute atomic E-state index is 0.00695. The first-order valence-electron chi connectivity index (χ1n) is 17.5. The average molecular weight is 739 g/mol. The molecule has 7 rings (SSSR count). The van der Waals surface area contributed by atoms with E-state index in [-0.39, 0.29) is 50.1 Å². The Morgan fingerprint density at radius 3 is 2.67 bits per heavy atom. The number of ether oxygens (including phenoxy) is 3. The number of pyridine rings is 1. The van der Waals surface area contributed by atoms with Gasteiger partial charge in [-0.25, -0.2) is 18.2 Å². The van der Waals surface area contributed by atoms with Crippen molar-refractivity contribution in [3.63, 3.8) is 0 Å². The molecule has 1 aromatic carbocycles. The molecule has 16 nitrogen and oxygen atoms in total. The Morgan fingerprint density at radius 2 is 1.96 bits per heavy atom. The lowest BCUT2D eigenvalue weighted by Crippen LogP contribution is -2.57. The van der Waals surface area contributed by atoms with Crippen LogP contribution >= 0.6 is 0 Å². The molecule has 5 aliphatic rings. The highest BCUT2D eigenvalue weighted by molar-refractivity contribution is 7.91. The number of benzene rings is 1. The molecule has 1 unspecified atom stereocenters. The molecule has 4 amide bonds. The number of likely N-dealkylation sites (tertiary alicyclic amines) is 2. The third kappa shape index (κ3) is 6.78. The fraction of sp³-hybridized carbons (Fsp3) is 0.543. The maximum absolute atomic E-state index is 14.1. The number of fused-ring (bicyclic) bond motifs is 3. The highest BCUT2D eigenvalue weighted by atomic mass is 32.2. The number of nitrogens with zero attached hydrogens (tertiary/aromatic N) is 3. The number of aromatic nitrogens is 1. The summed E-state index contributed by atoms with van der Waals surface area (Å²) in [6.07, 6.45) is 4.01. The SMILES string of the molecule is C=C[C@@H]1C[C@]1(NC(=O)[C@@H]1CC(Oc2nccc3cc(OC)ccc23)CN1C(=O)[C@@H](N)CCC(=O)N1CC[C@H]2C[C@@H]1C(=O)O2)C(=O)NS(=O)(=O)C1CC1. The van der Waals surface area contributed by atoms with Crippen molar-refractivity contribution in [3.8, 4) is 11.6 Å². The molecule has 4 heterocycles. The molecule has 2 aliphatic carbocycles. The van der Waals surface area contributed by atoms with E-state index in [1.54, 1.807) is 31.5 Å². The molecule has 52 heavy (non-hydrogen) atoms. The van der Waals surface area contributed by atoms with Gasteiger partial charge in [-0.15, -0.1) is 6.58 Å². The molecular weight excluding hydrogens is 696 g/mol. The molecule has 0 radical (unpaired) electrons. The number of nitrogens with one attached hydrogen (secondary N) is 2. The molecule has 0 spiro atoms. The van der Waals surface area contributed by atoms with Gasteiger partial charge in [0, 0.05) is 49.7 Å². The number of rotatable bonds is 13. The average Bonchev–Trinajstić information content (AvgIpc) is 4.05. The highest BCUT2D eigenvalue weighted by Gasteiger charge is 2.62. The molecule has 3 aliphatic heterocycles. The second-order valence-corrected chi connectivity index (χ2v) is 16.2. The summed E-state index contributed by atoms with van der Waals surface area (Å²) in [7, 11) is -2.35. The largest absolute Gasteiger partial charge is 0.497 e. The molecule has 17 heteroatoms. The lowest BCUT2D eigenvalue weighted by Gasteiger charge is -2.30. The number of carbonyl (C=O) groups is 5. The van der Waals surface area contributed by atoms with Crippen LogP contribution in [0.3, 0.4) is 0 Å². The quantitative estimate of drug-likeness (QED) is 0.187. The molecule has 4 N–H and O–H groups in total. The van der Waals surface area contributed by atoms with Crippen molar-refractivity contribution in [2.75, 3.05) is 20.2 Å². The van der Waals surface area contributed by atoms with Gasteiger partial charge >= 0.3 is 5.97 Å². The number of methoxy groups -OCH3 is 1. The van der Waals surface area contributed by atoms with E-state index in [1.807, 2.05) is 6.07 Å². The van der Waals surface area contributed by atoms with E-state index in [1.165, 1.54) is 15.9 Å². The van der Waals surface area contributed by atoms with Gasteiger partial charge in [-0.3, -0.25) is 23.9 Å². The molecule has 7 atom stereocenters. The maximum Gasteiger partial charge on any atom is 0.329 e. The zero-order chi connectivity index (χ0) is 36.9. The minimum atomic E-state index is -3.90. The van der Waals surface area contributed by atoms with Crippen LogP contribution < -0.4 is 25.2 Å². The Morgan fingerprint density at radius 1 is 1.17 bits per heavy atom. The summed E-state index contributed by atoms with van der Waals surface area (Å²) in [5.74, 6) is -2.53. The van der Waals surface area contributed by atoms with Gasteiger partial charge in [-0.05, 0) is 55.3 Å². The molecule has 2 aromatic rings. The molecule has 3 saturated heterocycles. The Balaban J connectivity index is 1.09. The second-order valence-electron chi connectivity index (χ2n) is 14.2. The number of hydrogen-bond donors (Lipinski definition) is 3. The van der Waals surface area contributed by atoms with Crippen molar-refractivity contribution in [2.45, 2.75) is 92.5 Å². The fourth-order valence-electron chi connectivity index (χ4n) is 7.47. The lowest BCUT2D eigenvalue weighted by molar-refractivity contribution is -0.147. The summed E-state index contributed by atoms with van der Waals surface area (Å²) in [4.78, 5) is 73.9. The van der Waals surface area contributed by atoms with Gasteiger partial charge in [-0.1, -0.05) is 6.08 Å². The zero-order valence-electron chi connectivity index (χ0n) is 28.7. The van der Waals surface area contributed by atoms with Crippen molar-refractivity contribution >= 4 is 50.4 Å². The maximum atomic E-state index is 14.1. The first-order chi connectivity index (χ1) is 24.8. The number of esters is 1. The summed E-state index contributed by atoms with van der Waals surface area (Å²) in [5.41, 5.74) is 4.82. The topological polar surface area (TPSA) is 217 Å². The van der Waals surface area contributed by atoms with Gasteiger partial charge in [-0.2, -0.15) is 0 Å². The number of amides is 4. The zero-order valence-corrected chi connectivity index (χ0v) is 29.5. The number of sulfonamides is 1. The van der Waals surface area contributed by atoms with Crippen LogP contribution in [-0.2, 0) is 38.7 Å². The first kappa shape index (κ1) is 35.6. The summed E-state index contributed by atoms with van der Waals surface area (Å²) in [6.45, 7) is 4.05. The van der Waals surface area contributed by atoms with Crippen LogP contribution in [0.25, 0.3) is 10.8 Å². The Labute approximate surface area is 300 Å². The predicted octanol–water partition coefficient (Wildman–Crippen LogP) is 0.285. The Hall–Kier alpha value is -4.77. The van der Waals surface area contributed by atoms with Crippen LogP contribution in [0.15, 0.2) is 43.1 Å². The van der Waals surface area contributed by atoms with Crippen molar-refractivity contribution in [3.05, 3.63) is 43.1 Å². The predicted molar refractivity (Wildman–Crippen MR) is 184 cm³/mol. The van der Waals surface area contributed by atoms with Gasteiger partial charge < -0.3 is 35.1 Å². The van der Waals surface area contributed by atoms with Gasteiger partial charge in [0.1, 0.15) is 35.6 Å². The van der Waals surface area contributed by atoms with E-state index in [0.717, 1.165) is 5.39 Å². The monoisotopic (exact) mass is 738 g/mol. The van der Waals surface area contributed by atoms with Crippen molar-refractivity contribution < 1.29 is 46.6 Å². The van der Waals surface area contributed by atoms with E-state index in [9.17, 15) is 32.4 Å². The third-order valence-electron chi connectivity index (χ3n) is 10.7. The van der Waals surface area contributed by atoms with Gasteiger partial charge in [0.05, 0.1) is 24.9 Å². The minimum Gasteiger partial charge on any atom is -0.497 e. The molecular formula is C35H42N6O10S. The molecule has 5 fully saturated rings. The van der Waals surface area contributed by atoms with Gasteiger partial charge in [0.25, 0.3) is 5.91 Å².